The molecule has 0 bridgehead atoms. The lowest BCUT2D eigenvalue weighted by molar-refractivity contribution is 0.184. The monoisotopic (exact) mass is 271 g/mol. The van der Waals surface area contributed by atoms with E-state index in [9.17, 15) is 0 Å². The van der Waals surface area contributed by atoms with Crippen molar-refractivity contribution in [1.82, 2.24) is 0 Å². The van der Waals surface area contributed by atoms with Crippen molar-refractivity contribution in [3.63, 3.8) is 0 Å². The Hall–Kier alpha value is -1.84. The first kappa shape index (κ1) is 14.6. The third-order valence-electron chi connectivity index (χ3n) is 3.11. The molecule has 3 heteroatoms. The van der Waals surface area contributed by atoms with Crippen LogP contribution in [0.25, 0.3) is 0 Å². The van der Waals surface area contributed by atoms with Crippen LogP contribution in [0, 0.1) is 0 Å². The quantitative estimate of drug-likeness (QED) is 0.834. The number of hydrogen-bond acceptors (Lipinski definition) is 3. The first-order chi connectivity index (χ1) is 9.83. The minimum atomic E-state index is 0.138. The normalized spacial score (nSPS) is 12.1. The molecule has 1 N–H and O–H groups in total. The molecule has 3 nitrogen and oxygen atoms in total. The number of hydrogen-bond donors (Lipinski definition) is 1. The van der Waals surface area contributed by atoms with Crippen molar-refractivity contribution in [3.05, 3.63) is 65.7 Å². The fourth-order valence-electron chi connectivity index (χ4n) is 2.19. The molecule has 2 aromatic rings. The van der Waals surface area contributed by atoms with Crippen molar-refractivity contribution in [3.8, 4) is 0 Å². The van der Waals surface area contributed by atoms with Crippen molar-refractivity contribution >= 4 is 5.69 Å². The molecule has 1 atom stereocenters. The average Bonchev–Trinajstić information content (AvgIpc) is 2.48. The van der Waals surface area contributed by atoms with E-state index >= 15 is 0 Å². The number of nitrogens with one attached hydrogen (secondary N) is 1. The van der Waals surface area contributed by atoms with E-state index in [1.807, 2.05) is 24.3 Å². The van der Waals surface area contributed by atoms with Crippen LogP contribution in [0.15, 0.2) is 54.6 Å². The Morgan fingerprint density at radius 1 is 0.950 bits per heavy atom. The van der Waals surface area contributed by atoms with E-state index in [-0.39, 0.29) is 6.04 Å². The fraction of sp³-hybridized carbons (Fsp3) is 0.294. The maximum Gasteiger partial charge on any atom is 0.0747 e. The van der Waals surface area contributed by atoms with Gasteiger partial charge in [0.1, 0.15) is 0 Å². The Kier molecular flexibility index (Phi) is 5.59. The predicted molar refractivity (Wildman–Crippen MR) is 81.8 cm³/mol. The van der Waals surface area contributed by atoms with E-state index in [1.165, 1.54) is 5.56 Å². The zero-order valence-corrected chi connectivity index (χ0v) is 12.0. The zero-order valence-electron chi connectivity index (χ0n) is 12.0. The lowest BCUT2D eigenvalue weighted by Crippen LogP contribution is -2.16. The molecular weight excluding hydrogens is 250 g/mol. The largest absolute Gasteiger partial charge is 0.382 e. The molecule has 0 aromatic heterocycles. The first-order valence-electron chi connectivity index (χ1n) is 6.72. The number of ether oxygens (including phenoxy) is 2. The molecule has 2 rings (SSSR count). The minimum absolute atomic E-state index is 0.138. The molecule has 0 radical (unpaired) electrons. The van der Waals surface area contributed by atoms with Gasteiger partial charge in [-0.25, -0.2) is 0 Å². The SMILES string of the molecule is COCc1cccc(NC(COC)c2ccccc2)c1. The van der Waals surface area contributed by atoms with E-state index in [2.05, 4.69) is 35.6 Å². The van der Waals surface area contributed by atoms with Gasteiger partial charge in [0, 0.05) is 19.9 Å². The molecule has 0 aliphatic heterocycles. The topological polar surface area (TPSA) is 30.5 Å². The van der Waals surface area contributed by atoms with Gasteiger partial charge in [0.05, 0.1) is 19.3 Å². The molecule has 106 valence electrons. The maximum absolute atomic E-state index is 5.32. The second kappa shape index (κ2) is 7.68. The number of benzene rings is 2. The van der Waals surface area contributed by atoms with Crippen LogP contribution in [0.2, 0.25) is 0 Å². The van der Waals surface area contributed by atoms with E-state index < -0.39 is 0 Å². The van der Waals surface area contributed by atoms with Crippen molar-refractivity contribution in [2.24, 2.45) is 0 Å². The summed E-state index contributed by atoms with van der Waals surface area (Å²) in [5.41, 5.74) is 3.44. The van der Waals surface area contributed by atoms with Gasteiger partial charge in [-0.1, -0.05) is 42.5 Å². The van der Waals surface area contributed by atoms with Crippen molar-refractivity contribution in [2.75, 3.05) is 26.1 Å². The first-order valence-corrected chi connectivity index (χ1v) is 6.72. The fourth-order valence-corrected chi connectivity index (χ4v) is 2.19. The standard InChI is InChI=1S/C17H21NO2/c1-19-12-14-7-6-10-16(11-14)18-17(13-20-2)15-8-4-3-5-9-15/h3-11,17-18H,12-13H2,1-2H3. The van der Waals surface area contributed by atoms with Crippen LogP contribution in [0.4, 0.5) is 5.69 Å². The number of rotatable bonds is 7. The van der Waals surface area contributed by atoms with Gasteiger partial charge >= 0.3 is 0 Å². The van der Waals surface area contributed by atoms with Crippen molar-refractivity contribution in [1.29, 1.82) is 0 Å². The molecule has 0 heterocycles. The summed E-state index contributed by atoms with van der Waals surface area (Å²) in [7, 11) is 3.43. The number of methoxy groups -OCH3 is 2. The lowest BCUT2D eigenvalue weighted by atomic mass is 10.1. The Balaban J connectivity index is 2.14. The minimum Gasteiger partial charge on any atom is -0.382 e. The highest BCUT2D eigenvalue weighted by molar-refractivity contribution is 5.47. The van der Waals surface area contributed by atoms with Gasteiger partial charge in [-0.2, -0.15) is 0 Å². The Labute approximate surface area is 120 Å². The molecule has 0 aliphatic rings. The molecule has 0 amide bonds. The van der Waals surface area contributed by atoms with Crippen molar-refractivity contribution in [2.45, 2.75) is 12.6 Å². The van der Waals surface area contributed by atoms with Crippen LogP contribution in [-0.4, -0.2) is 20.8 Å². The Morgan fingerprint density at radius 2 is 1.75 bits per heavy atom. The molecule has 20 heavy (non-hydrogen) atoms. The lowest BCUT2D eigenvalue weighted by Gasteiger charge is -2.20. The van der Waals surface area contributed by atoms with Gasteiger partial charge < -0.3 is 14.8 Å². The molecular formula is C17H21NO2. The summed E-state index contributed by atoms with van der Waals surface area (Å²) in [6.45, 7) is 1.24. The Bertz CT molecular complexity index is 513. The Morgan fingerprint density at radius 3 is 2.45 bits per heavy atom. The van der Waals surface area contributed by atoms with Crippen molar-refractivity contribution < 1.29 is 9.47 Å². The van der Waals surface area contributed by atoms with Crippen LogP contribution in [0.3, 0.4) is 0 Å². The maximum atomic E-state index is 5.32. The second-order valence-corrected chi connectivity index (χ2v) is 4.70. The molecule has 0 saturated carbocycles. The van der Waals surface area contributed by atoms with Crippen LogP contribution in [0.5, 0.6) is 0 Å². The predicted octanol–water partition coefficient (Wildman–Crippen LogP) is 3.63. The second-order valence-electron chi connectivity index (χ2n) is 4.70. The van der Waals surface area contributed by atoms with Crippen LogP contribution in [0.1, 0.15) is 17.2 Å². The molecule has 1 unspecified atom stereocenters. The van der Waals surface area contributed by atoms with Crippen LogP contribution >= 0.6 is 0 Å². The van der Waals surface area contributed by atoms with E-state index in [4.69, 9.17) is 9.47 Å². The molecule has 0 saturated heterocycles. The highest BCUT2D eigenvalue weighted by Gasteiger charge is 2.10. The van der Waals surface area contributed by atoms with E-state index in [0.717, 1.165) is 11.3 Å². The highest BCUT2D eigenvalue weighted by atomic mass is 16.5. The molecule has 0 spiro atoms. The molecule has 2 aromatic carbocycles. The van der Waals surface area contributed by atoms with Gasteiger partial charge in [0.25, 0.3) is 0 Å². The molecule has 0 aliphatic carbocycles. The smallest absolute Gasteiger partial charge is 0.0747 e. The van der Waals surface area contributed by atoms with Gasteiger partial charge in [-0.15, -0.1) is 0 Å². The van der Waals surface area contributed by atoms with E-state index in [1.54, 1.807) is 14.2 Å². The third-order valence-corrected chi connectivity index (χ3v) is 3.11. The summed E-state index contributed by atoms with van der Waals surface area (Å²) in [4.78, 5) is 0. The van der Waals surface area contributed by atoms with Gasteiger partial charge in [0.2, 0.25) is 0 Å². The summed E-state index contributed by atoms with van der Waals surface area (Å²) in [6.07, 6.45) is 0. The van der Waals surface area contributed by atoms with Crippen LogP contribution in [-0.2, 0) is 16.1 Å². The summed E-state index contributed by atoms with van der Waals surface area (Å²) in [5.74, 6) is 0. The van der Waals surface area contributed by atoms with E-state index in [0.29, 0.717) is 13.2 Å². The van der Waals surface area contributed by atoms with Gasteiger partial charge in [-0.3, -0.25) is 0 Å². The summed E-state index contributed by atoms with van der Waals surface area (Å²) in [6, 6.07) is 18.7. The van der Waals surface area contributed by atoms with Crippen LogP contribution < -0.4 is 5.32 Å². The highest BCUT2D eigenvalue weighted by Crippen LogP contribution is 2.21. The molecule has 0 fully saturated rings. The summed E-state index contributed by atoms with van der Waals surface area (Å²) in [5, 5.41) is 3.51. The van der Waals surface area contributed by atoms with Gasteiger partial charge in [-0.05, 0) is 23.3 Å². The average molecular weight is 271 g/mol. The number of anilines is 1. The third kappa shape index (κ3) is 4.08. The van der Waals surface area contributed by atoms with Gasteiger partial charge in [0.15, 0.2) is 0 Å². The summed E-state index contributed by atoms with van der Waals surface area (Å²) >= 11 is 0. The zero-order chi connectivity index (χ0) is 14.2. The summed E-state index contributed by atoms with van der Waals surface area (Å²) < 4.78 is 10.5.